The standard InChI is InChI=1S/C18H22N4O3/c1-12-8-14(21(2)20-12)11-22-7-6-19-18(22)13-9-15(23-3)17(25-5)16(10-13)24-4/h6-10H,11H2,1-5H3. The molecule has 132 valence electrons. The maximum atomic E-state index is 5.44. The minimum absolute atomic E-state index is 0.564. The topological polar surface area (TPSA) is 63.3 Å². The zero-order chi connectivity index (χ0) is 18.0. The van der Waals surface area contributed by atoms with Gasteiger partial charge >= 0.3 is 0 Å². The molecular weight excluding hydrogens is 320 g/mol. The molecule has 0 bridgehead atoms. The lowest BCUT2D eigenvalue weighted by molar-refractivity contribution is 0.324. The summed E-state index contributed by atoms with van der Waals surface area (Å²) in [7, 11) is 6.74. The Morgan fingerprint density at radius 1 is 1.00 bits per heavy atom. The van der Waals surface area contributed by atoms with Crippen molar-refractivity contribution in [2.24, 2.45) is 7.05 Å². The number of ether oxygens (including phenoxy) is 3. The molecule has 0 aliphatic rings. The fourth-order valence-electron chi connectivity index (χ4n) is 2.89. The molecule has 0 atom stereocenters. The first-order valence-corrected chi connectivity index (χ1v) is 7.88. The summed E-state index contributed by atoms with van der Waals surface area (Å²) in [6.45, 7) is 2.65. The second-order valence-electron chi connectivity index (χ2n) is 5.69. The van der Waals surface area contributed by atoms with Gasteiger partial charge in [-0.2, -0.15) is 5.10 Å². The monoisotopic (exact) mass is 342 g/mol. The van der Waals surface area contributed by atoms with Crippen LogP contribution in [0.15, 0.2) is 30.6 Å². The molecule has 7 heteroatoms. The second-order valence-corrected chi connectivity index (χ2v) is 5.69. The van der Waals surface area contributed by atoms with Gasteiger partial charge in [0.05, 0.1) is 39.3 Å². The van der Waals surface area contributed by atoms with Crippen molar-refractivity contribution in [1.29, 1.82) is 0 Å². The van der Waals surface area contributed by atoms with E-state index < -0.39 is 0 Å². The van der Waals surface area contributed by atoms with Crippen molar-refractivity contribution in [2.75, 3.05) is 21.3 Å². The second kappa shape index (κ2) is 6.88. The first-order chi connectivity index (χ1) is 12.1. The Morgan fingerprint density at radius 3 is 2.20 bits per heavy atom. The van der Waals surface area contributed by atoms with Crippen LogP contribution in [0.2, 0.25) is 0 Å². The van der Waals surface area contributed by atoms with Crippen molar-refractivity contribution < 1.29 is 14.2 Å². The summed E-state index contributed by atoms with van der Waals surface area (Å²) >= 11 is 0. The summed E-state index contributed by atoms with van der Waals surface area (Å²) in [6, 6.07) is 5.86. The van der Waals surface area contributed by atoms with E-state index in [1.807, 2.05) is 37.0 Å². The summed E-state index contributed by atoms with van der Waals surface area (Å²) in [5.74, 6) is 2.58. The molecule has 0 fully saturated rings. The van der Waals surface area contributed by atoms with Crippen molar-refractivity contribution in [3.05, 3.63) is 42.0 Å². The highest BCUT2D eigenvalue weighted by Crippen LogP contribution is 2.40. The molecule has 1 aromatic carbocycles. The molecule has 7 nitrogen and oxygen atoms in total. The number of hydrogen-bond acceptors (Lipinski definition) is 5. The predicted octanol–water partition coefficient (Wildman–Crippen LogP) is 2.67. The summed E-state index contributed by atoms with van der Waals surface area (Å²) in [6.07, 6.45) is 3.72. The molecule has 0 saturated carbocycles. The molecule has 25 heavy (non-hydrogen) atoms. The summed E-state index contributed by atoms with van der Waals surface area (Å²) < 4.78 is 20.2. The lowest BCUT2D eigenvalue weighted by Crippen LogP contribution is -2.06. The van der Waals surface area contributed by atoms with Crippen molar-refractivity contribution in [1.82, 2.24) is 19.3 Å². The van der Waals surface area contributed by atoms with Crippen LogP contribution in [-0.4, -0.2) is 40.7 Å². The number of nitrogens with zero attached hydrogens (tertiary/aromatic N) is 4. The van der Waals surface area contributed by atoms with E-state index in [0.717, 1.165) is 22.8 Å². The molecule has 0 spiro atoms. The predicted molar refractivity (Wildman–Crippen MR) is 94.4 cm³/mol. The number of rotatable bonds is 6. The average molecular weight is 342 g/mol. The smallest absolute Gasteiger partial charge is 0.203 e. The van der Waals surface area contributed by atoms with E-state index in [9.17, 15) is 0 Å². The van der Waals surface area contributed by atoms with Gasteiger partial charge in [-0.05, 0) is 25.1 Å². The summed E-state index contributed by atoms with van der Waals surface area (Å²) in [4.78, 5) is 4.51. The number of aromatic nitrogens is 4. The van der Waals surface area contributed by atoms with E-state index in [0.29, 0.717) is 23.8 Å². The van der Waals surface area contributed by atoms with Gasteiger partial charge < -0.3 is 18.8 Å². The summed E-state index contributed by atoms with van der Waals surface area (Å²) in [5.41, 5.74) is 2.98. The molecule has 3 rings (SSSR count). The fourth-order valence-corrected chi connectivity index (χ4v) is 2.89. The fraction of sp³-hybridized carbons (Fsp3) is 0.333. The van der Waals surface area contributed by atoms with Crippen LogP contribution in [0, 0.1) is 6.92 Å². The van der Waals surface area contributed by atoms with Crippen LogP contribution in [0.25, 0.3) is 11.4 Å². The lowest BCUT2D eigenvalue weighted by atomic mass is 10.1. The van der Waals surface area contributed by atoms with Gasteiger partial charge in [0.1, 0.15) is 5.82 Å². The SMILES string of the molecule is COc1cc(-c2nccn2Cc2cc(C)nn2C)cc(OC)c1OC. The van der Waals surface area contributed by atoms with Crippen LogP contribution in [0.4, 0.5) is 0 Å². The highest BCUT2D eigenvalue weighted by atomic mass is 16.5. The number of benzene rings is 1. The van der Waals surface area contributed by atoms with Crippen molar-refractivity contribution >= 4 is 0 Å². The van der Waals surface area contributed by atoms with Crippen LogP contribution >= 0.6 is 0 Å². The minimum Gasteiger partial charge on any atom is -0.493 e. The molecule has 0 N–H and O–H groups in total. The molecule has 0 radical (unpaired) electrons. The molecule has 0 saturated heterocycles. The van der Waals surface area contributed by atoms with E-state index in [-0.39, 0.29) is 0 Å². The molecule has 2 aromatic heterocycles. The van der Waals surface area contributed by atoms with Crippen LogP contribution in [0.5, 0.6) is 17.2 Å². The van der Waals surface area contributed by atoms with E-state index in [2.05, 4.69) is 20.7 Å². The largest absolute Gasteiger partial charge is 0.493 e. The van der Waals surface area contributed by atoms with Gasteiger partial charge in [-0.1, -0.05) is 0 Å². The quantitative estimate of drug-likeness (QED) is 0.689. The van der Waals surface area contributed by atoms with E-state index in [1.165, 1.54) is 0 Å². The Kier molecular flexibility index (Phi) is 4.65. The molecular formula is C18H22N4O3. The van der Waals surface area contributed by atoms with Gasteiger partial charge in [0.25, 0.3) is 0 Å². The van der Waals surface area contributed by atoms with E-state index >= 15 is 0 Å². The van der Waals surface area contributed by atoms with Crippen molar-refractivity contribution in [3.8, 4) is 28.6 Å². The van der Waals surface area contributed by atoms with Crippen LogP contribution < -0.4 is 14.2 Å². The Morgan fingerprint density at radius 2 is 1.68 bits per heavy atom. The molecule has 2 heterocycles. The third kappa shape index (κ3) is 3.17. The van der Waals surface area contributed by atoms with Gasteiger partial charge in [0, 0.05) is 25.0 Å². The van der Waals surface area contributed by atoms with E-state index in [1.54, 1.807) is 27.5 Å². The first kappa shape index (κ1) is 16.9. The minimum atomic E-state index is 0.564. The number of imidazole rings is 1. The Bertz CT molecular complexity index is 857. The molecule has 0 unspecified atom stereocenters. The van der Waals surface area contributed by atoms with Crippen LogP contribution in [0.1, 0.15) is 11.4 Å². The maximum Gasteiger partial charge on any atom is 0.203 e. The Balaban J connectivity index is 2.03. The van der Waals surface area contributed by atoms with E-state index in [4.69, 9.17) is 14.2 Å². The Hall–Kier alpha value is -2.96. The van der Waals surface area contributed by atoms with Crippen molar-refractivity contribution in [2.45, 2.75) is 13.5 Å². The van der Waals surface area contributed by atoms with Gasteiger partial charge in [-0.3, -0.25) is 4.68 Å². The molecule has 0 aliphatic heterocycles. The number of aryl methyl sites for hydroxylation is 2. The average Bonchev–Trinajstić information content (AvgIpc) is 3.19. The van der Waals surface area contributed by atoms with Crippen LogP contribution in [0.3, 0.4) is 0 Å². The Labute approximate surface area is 146 Å². The van der Waals surface area contributed by atoms with Gasteiger partial charge in [0.2, 0.25) is 5.75 Å². The normalized spacial score (nSPS) is 10.8. The van der Waals surface area contributed by atoms with Crippen molar-refractivity contribution in [3.63, 3.8) is 0 Å². The number of methoxy groups -OCH3 is 3. The third-order valence-corrected chi connectivity index (χ3v) is 4.07. The molecule has 0 amide bonds. The third-order valence-electron chi connectivity index (χ3n) is 4.07. The first-order valence-electron chi connectivity index (χ1n) is 7.88. The zero-order valence-corrected chi connectivity index (χ0v) is 15.1. The number of hydrogen-bond donors (Lipinski definition) is 0. The van der Waals surface area contributed by atoms with Crippen LogP contribution in [-0.2, 0) is 13.6 Å². The zero-order valence-electron chi connectivity index (χ0n) is 15.1. The summed E-state index contributed by atoms with van der Waals surface area (Å²) in [5, 5.41) is 4.40. The van der Waals surface area contributed by atoms with Gasteiger partial charge in [-0.15, -0.1) is 0 Å². The highest BCUT2D eigenvalue weighted by molar-refractivity contribution is 5.67. The molecule has 3 aromatic rings. The van der Waals surface area contributed by atoms with Gasteiger partial charge in [-0.25, -0.2) is 4.98 Å². The molecule has 0 aliphatic carbocycles. The maximum absolute atomic E-state index is 5.44. The lowest BCUT2D eigenvalue weighted by Gasteiger charge is -2.15. The highest BCUT2D eigenvalue weighted by Gasteiger charge is 2.17. The van der Waals surface area contributed by atoms with Gasteiger partial charge in [0.15, 0.2) is 11.5 Å².